The van der Waals surface area contributed by atoms with Crippen molar-refractivity contribution in [3.05, 3.63) is 71.8 Å². The Labute approximate surface area is 175 Å². The fraction of sp³-hybridized carbons (Fsp3) is 0.520. The molecule has 2 aromatic rings. The van der Waals surface area contributed by atoms with Crippen molar-refractivity contribution >= 4 is 0 Å². The smallest absolute Gasteiger partial charge is 0.108 e. The van der Waals surface area contributed by atoms with Crippen LogP contribution in [0, 0.1) is 0 Å². The zero-order chi connectivity index (χ0) is 20.5. The minimum atomic E-state index is -0.535. The van der Waals surface area contributed by atoms with Crippen LogP contribution in [0.3, 0.4) is 0 Å². The number of aliphatic hydroxyl groups excluding tert-OH is 1. The van der Waals surface area contributed by atoms with Crippen molar-refractivity contribution < 1.29 is 9.84 Å². The summed E-state index contributed by atoms with van der Waals surface area (Å²) in [5.41, 5.74) is 2.43. The maximum absolute atomic E-state index is 10.5. The second-order valence-corrected chi connectivity index (χ2v) is 8.50. The molecule has 0 radical (unpaired) electrons. The van der Waals surface area contributed by atoms with Crippen molar-refractivity contribution in [1.82, 2.24) is 10.2 Å². The molecule has 0 aliphatic heterocycles. The Morgan fingerprint density at radius 2 is 1.48 bits per heavy atom. The first-order valence-corrected chi connectivity index (χ1v) is 10.9. The summed E-state index contributed by atoms with van der Waals surface area (Å²) >= 11 is 0. The van der Waals surface area contributed by atoms with Crippen LogP contribution in [0.2, 0.25) is 0 Å². The van der Waals surface area contributed by atoms with Gasteiger partial charge in [0.1, 0.15) is 6.10 Å². The normalized spacial score (nSPS) is 17.6. The minimum absolute atomic E-state index is 0.168. The van der Waals surface area contributed by atoms with Gasteiger partial charge in [0, 0.05) is 18.6 Å². The molecule has 1 atom stereocenters. The molecule has 0 aromatic heterocycles. The fourth-order valence-electron chi connectivity index (χ4n) is 4.37. The van der Waals surface area contributed by atoms with Crippen molar-refractivity contribution in [2.45, 2.75) is 49.9 Å². The van der Waals surface area contributed by atoms with Gasteiger partial charge in [0.15, 0.2) is 0 Å². The quantitative estimate of drug-likeness (QED) is 0.637. The van der Waals surface area contributed by atoms with E-state index in [0.717, 1.165) is 17.7 Å². The monoisotopic (exact) mass is 396 g/mol. The summed E-state index contributed by atoms with van der Waals surface area (Å²) in [5.74, 6) is 0. The van der Waals surface area contributed by atoms with Gasteiger partial charge in [0.05, 0.1) is 12.7 Å². The number of hydrogen-bond donors (Lipinski definition) is 2. The Kier molecular flexibility index (Phi) is 8.25. The lowest BCUT2D eigenvalue weighted by Crippen LogP contribution is -2.53. The highest BCUT2D eigenvalue weighted by Crippen LogP contribution is 2.31. The summed E-state index contributed by atoms with van der Waals surface area (Å²) in [6.07, 6.45) is 5.67. The molecule has 1 aliphatic carbocycles. The molecule has 4 nitrogen and oxygen atoms in total. The van der Waals surface area contributed by atoms with Crippen molar-refractivity contribution in [3.8, 4) is 0 Å². The Bertz CT molecular complexity index is 660. The lowest BCUT2D eigenvalue weighted by atomic mass is 9.80. The van der Waals surface area contributed by atoms with E-state index in [-0.39, 0.29) is 11.6 Å². The van der Waals surface area contributed by atoms with Crippen LogP contribution in [0.5, 0.6) is 0 Å². The summed E-state index contributed by atoms with van der Waals surface area (Å²) in [7, 11) is 4.35. The third kappa shape index (κ3) is 6.13. The molecular weight excluding hydrogens is 360 g/mol. The number of nitrogens with one attached hydrogen (secondary N) is 1. The molecule has 1 unspecified atom stereocenters. The topological polar surface area (TPSA) is 44.7 Å². The molecule has 158 valence electrons. The first kappa shape index (κ1) is 22.0. The van der Waals surface area contributed by atoms with Crippen LogP contribution in [-0.2, 0) is 4.74 Å². The number of ether oxygens (including phenoxy) is 1. The van der Waals surface area contributed by atoms with E-state index in [1.807, 2.05) is 36.4 Å². The molecule has 29 heavy (non-hydrogen) atoms. The first-order chi connectivity index (χ1) is 14.1. The predicted molar refractivity (Wildman–Crippen MR) is 119 cm³/mol. The Balaban J connectivity index is 1.53. The molecular formula is C25H36N2O2. The van der Waals surface area contributed by atoms with Gasteiger partial charge in [-0.3, -0.25) is 0 Å². The van der Waals surface area contributed by atoms with E-state index in [2.05, 4.69) is 48.6 Å². The summed E-state index contributed by atoms with van der Waals surface area (Å²) < 4.78 is 6.19. The lowest BCUT2D eigenvalue weighted by molar-refractivity contribution is 0.00423. The lowest BCUT2D eigenvalue weighted by Gasteiger charge is -2.43. The predicted octanol–water partition coefficient (Wildman–Crippen LogP) is 4.01. The summed E-state index contributed by atoms with van der Waals surface area (Å²) in [6, 6.07) is 20.4. The van der Waals surface area contributed by atoms with E-state index in [0.29, 0.717) is 13.2 Å². The van der Waals surface area contributed by atoms with Crippen molar-refractivity contribution in [2.75, 3.05) is 33.8 Å². The maximum atomic E-state index is 10.5. The number of aliphatic hydroxyl groups is 1. The first-order valence-electron chi connectivity index (χ1n) is 10.9. The number of nitrogens with zero attached hydrogens (tertiary/aromatic N) is 1. The molecule has 0 amide bonds. The molecule has 3 rings (SSSR count). The van der Waals surface area contributed by atoms with Crippen LogP contribution < -0.4 is 5.32 Å². The molecule has 0 spiro atoms. The molecule has 2 aromatic carbocycles. The highest BCUT2D eigenvalue weighted by Gasteiger charge is 2.33. The standard InChI is InChI=1S/C25H36N2O2/c1-27(2)25(16-10-5-11-17-25)20-26-18-23(28)19-29-24(21-12-6-3-7-13-21)22-14-8-4-9-15-22/h3-4,6-9,12-15,23-24,26,28H,5,10-11,16-20H2,1-2H3. The number of rotatable bonds is 10. The van der Waals surface area contributed by atoms with Gasteiger partial charge in [0.25, 0.3) is 0 Å². The summed E-state index contributed by atoms with van der Waals surface area (Å²) in [6.45, 7) is 1.76. The highest BCUT2D eigenvalue weighted by molar-refractivity contribution is 5.29. The van der Waals surface area contributed by atoms with E-state index >= 15 is 0 Å². The highest BCUT2D eigenvalue weighted by atomic mass is 16.5. The molecule has 2 N–H and O–H groups in total. The third-order valence-corrected chi connectivity index (χ3v) is 6.23. The molecule has 0 heterocycles. The van der Waals surface area contributed by atoms with Crippen LogP contribution in [0.4, 0.5) is 0 Å². The van der Waals surface area contributed by atoms with Crippen LogP contribution in [0.25, 0.3) is 0 Å². The maximum Gasteiger partial charge on any atom is 0.108 e. The van der Waals surface area contributed by atoms with Crippen molar-refractivity contribution in [2.24, 2.45) is 0 Å². The van der Waals surface area contributed by atoms with Gasteiger partial charge in [-0.25, -0.2) is 0 Å². The van der Waals surface area contributed by atoms with Gasteiger partial charge in [0.2, 0.25) is 0 Å². The molecule has 0 saturated heterocycles. The van der Waals surface area contributed by atoms with Gasteiger partial charge in [-0.2, -0.15) is 0 Å². The molecule has 1 aliphatic rings. The van der Waals surface area contributed by atoms with Crippen molar-refractivity contribution in [3.63, 3.8) is 0 Å². The zero-order valence-corrected chi connectivity index (χ0v) is 17.9. The third-order valence-electron chi connectivity index (χ3n) is 6.23. The van der Waals surface area contributed by atoms with Gasteiger partial charge in [-0.05, 0) is 38.1 Å². The van der Waals surface area contributed by atoms with Crippen molar-refractivity contribution in [1.29, 1.82) is 0 Å². The van der Waals surface area contributed by atoms with Crippen LogP contribution in [0.1, 0.15) is 49.3 Å². The van der Waals surface area contributed by atoms with E-state index in [4.69, 9.17) is 4.74 Å². The average Bonchev–Trinajstić information content (AvgIpc) is 2.76. The number of likely N-dealkylation sites (N-methyl/N-ethyl adjacent to an activating group) is 1. The van der Waals surface area contributed by atoms with Gasteiger partial charge < -0.3 is 20.1 Å². The van der Waals surface area contributed by atoms with E-state index in [1.165, 1.54) is 32.1 Å². The molecule has 4 heteroatoms. The Hall–Kier alpha value is -1.72. The molecule has 1 fully saturated rings. The van der Waals surface area contributed by atoms with Crippen LogP contribution in [-0.4, -0.2) is 55.4 Å². The summed E-state index contributed by atoms with van der Waals surface area (Å²) in [4.78, 5) is 2.36. The van der Waals surface area contributed by atoms with Gasteiger partial charge in [-0.1, -0.05) is 79.9 Å². The van der Waals surface area contributed by atoms with Crippen LogP contribution >= 0.6 is 0 Å². The SMILES string of the molecule is CN(C)C1(CNCC(O)COC(c2ccccc2)c2ccccc2)CCCCC1. The largest absolute Gasteiger partial charge is 0.389 e. The van der Waals surface area contributed by atoms with Gasteiger partial charge >= 0.3 is 0 Å². The van der Waals surface area contributed by atoms with E-state index in [1.54, 1.807) is 0 Å². The number of hydrogen-bond acceptors (Lipinski definition) is 4. The fourth-order valence-corrected chi connectivity index (χ4v) is 4.37. The molecule has 1 saturated carbocycles. The van der Waals surface area contributed by atoms with Gasteiger partial charge in [-0.15, -0.1) is 0 Å². The Morgan fingerprint density at radius 1 is 0.931 bits per heavy atom. The second kappa shape index (κ2) is 10.9. The van der Waals surface area contributed by atoms with E-state index in [9.17, 15) is 5.11 Å². The zero-order valence-electron chi connectivity index (χ0n) is 17.9. The van der Waals surface area contributed by atoms with Crippen LogP contribution in [0.15, 0.2) is 60.7 Å². The van der Waals surface area contributed by atoms with E-state index < -0.39 is 6.10 Å². The second-order valence-electron chi connectivity index (χ2n) is 8.50. The summed E-state index contributed by atoms with van der Waals surface area (Å²) in [5, 5.41) is 14.1. The minimum Gasteiger partial charge on any atom is -0.389 e. The molecule has 0 bridgehead atoms. The average molecular weight is 397 g/mol. The number of benzene rings is 2. The Morgan fingerprint density at radius 3 is 2.00 bits per heavy atom.